The topological polar surface area (TPSA) is 79.3 Å². The fourth-order valence-electron chi connectivity index (χ4n) is 3.38. The van der Waals surface area contributed by atoms with Gasteiger partial charge >= 0.3 is 0 Å². The van der Waals surface area contributed by atoms with Crippen LogP contribution >= 0.6 is 0 Å². The molecule has 2 aliphatic heterocycles. The van der Waals surface area contributed by atoms with E-state index in [0.29, 0.717) is 23.1 Å². The number of hydrogen-bond acceptors (Lipinski definition) is 5. The molecule has 2 aromatic rings. The number of nitrogens with zero attached hydrogens (tertiary/aromatic N) is 3. The molecule has 4 rings (SSSR count). The number of aromatic nitrogens is 2. The van der Waals surface area contributed by atoms with Crippen molar-refractivity contribution in [2.75, 3.05) is 31.1 Å². The highest BCUT2D eigenvalue weighted by Gasteiger charge is 2.29. The number of piperazine rings is 1. The third kappa shape index (κ3) is 2.52. The van der Waals surface area contributed by atoms with E-state index in [4.69, 9.17) is 0 Å². The lowest BCUT2D eigenvalue weighted by Crippen LogP contribution is -2.43. The number of halogens is 1. The van der Waals surface area contributed by atoms with Crippen LogP contribution in [0.3, 0.4) is 0 Å². The lowest BCUT2D eigenvalue weighted by molar-refractivity contribution is -0.135. The molecular weight excluding hydrogens is 313 g/mol. The lowest BCUT2D eigenvalue weighted by Gasteiger charge is -2.29. The number of anilines is 1. The number of fused-ring (bicyclic) bond motifs is 1. The Morgan fingerprint density at radius 3 is 2.75 bits per heavy atom. The van der Waals surface area contributed by atoms with Crippen molar-refractivity contribution in [3.63, 3.8) is 0 Å². The average molecular weight is 331 g/mol. The Balaban J connectivity index is 1.71. The van der Waals surface area contributed by atoms with Crippen molar-refractivity contribution in [1.82, 2.24) is 20.2 Å². The standard InChI is InChI=1S/C16H18FN5O2/c17-10-7-14-11(8-13(10)21-5-3-18-4-6-21)19-9-22(14)12-1-2-15(23)20-16(12)24/h7-9,12,18H,1-6H2,(H,20,23,24). The molecule has 3 heterocycles. The largest absolute Gasteiger partial charge is 0.367 e. The van der Waals surface area contributed by atoms with Crippen LogP contribution in [0.25, 0.3) is 11.0 Å². The highest BCUT2D eigenvalue weighted by atomic mass is 19.1. The van der Waals surface area contributed by atoms with E-state index in [1.54, 1.807) is 17.0 Å². The Morgan fingerprint density at radius 1 is 1.21 bits per heavy atom. The highest BCUT2D eigenvalue weighted by Crippen LogP contribution is 2.29. The average Bonchev–Trinajstić information content (AvgIpc) is 2.97. The number of rotatable bonds is 2. The second-order valence-corrected chi connectivity index (χ2v) is 6.15. The van der Waals surface area contributed by atoms with Crippen LogP contribution in [0.5, 0.6) is 0 Å². The van der Waals surface area contributed by atoms with Gasteiger partial charge in [-0.1, -0.05) is 0 Å². The van der Waals surface area contributed by atoms with Gasteiger partial charge in [-0.15, -0.1) is 0 Å². The van der Waals surface area contributed by atoms with Crippen molar-refractivity contribution >= 4 is 28.5 Å². The minimum absolute atomic E-state index is 0.271. The maximum absolute atomic E-state index is 14.6. The first-order valence-electron chi connectivity index (χ1n) is 8.09. The van der Waals surface area contributed by atoms with E-state index in [1.807, 2.05) is 4.90 Å². The molecule has 2 saturated heterocycles. The van der Waals surface area contributed by atoms with Gasteiger partial charge in [0.25, 0.3) is 0 Å². The third-order valence-electron chi connectivity index (χ3n) is 4.65. The molecule has 2 aliphatic rings. The number of benzene rings is 1. The van der Waals surface area contributed by atoms with Crippen molar-refractivity contribution in [1.29, 1.82) is 0 Å². The van der Waals surface area contributed by atoms with Crippen molar-refractivity contribution in [3.05, 3.63) is 24.3 Å². The molecule has 2 N–H and O–H groups in total. The van der Waals surface area contributed by atoms with Gasteiger partial charge in [0.2, 0.25) is 11.8 Å². The number of imidazole rings is 1. The first kappa shape index (κ1) is 15.1. The summed E-state index contributed by atoms with van der Waals surface area (Å²) in [7, 11) is 0. The van der Waals surface area contributed by atoms with Gasteiger partial charge in [-0.25, -0.2) is 9.37 Å². The van der Waals surface area contributed by atoms with E-state index in [-0.39, 0.29) is 24.1 Å². The number of hydrogen-bond donors (Lipinski definition) is 2. The van der Waals surface area contributed by atoms with E-state index in [1.165, 1.54) is 6.07 Å². The summed E-state index contributed by atoms with van der Waals surface area (Å²) >= 11 is 0. The smallest absolute Gasteiger partial charge is 0.249 e. The quantitative estimate of drug-likeness (QED) is 0.786. The van der Waals surface area contributed by atoms with Crippen LogP contribution in [0, 0.1) is 5.82 Å². The van der Waals surface area contributed by atoms with Crippen LogP contribution in [-0.4, -0.2) is 47.5 Å². The number of carbonyl (C=O) groups excluding carboxylic acids is 2. The summed E-state index contributed by atoms with van der Waals surface area (Å²) in [5, 5.41) is 5.57. The number of imide groups is 1. The van der Waals surface area contributed by atoms with E-state index in [2.05, 4.69) is 15.6 Å². The predicted octanol–water partition coefficient (Wildman–Crippen LogP) is 0.563. The van der Waals surface area contributed by atoms with Crippen molar-refractivity contribution in [2.24, 2.45) is 0 Å². The molecule has 126 valence electrons. The Kier molecular flexibility index (Phi) is 3.68. The van der Waals surface area contributed by atoms with Crippen molar-refractivity contribution in [3.8, 4) is 0 Å². The SMILES string of the molecule is O=C1CCC(n2cnc3cc(N4CCNCC4)c(F)cc32)C(=O)N1. The van der Waals surface area contributed by atoms with Gasteiger partial charge in [0.15, 0.2) is 0 Å². The van der Waals surface area contributed by atoms with Gasteiger partial charge in [0, 0.05) is 38.7 Å². The third-order valence-corrected chi connectivity index (χ3v) is 4.65. The van der Waals surface area contributed by atoms with E-state index in [9.17, 15) is 14.0 Å². The zero-order chi connectivity index (χ0) is 16.7. The van der Waals surface area contributed by atoms with Gasteiger partial charge in [0.05, 0.1) is 23.0 Å². The highest BCUT2D eigenvalue weighted by molar-refractivity contribution is 6.00. The molecule has 0 spiro atoms. The Hall–Kier alpha value is -2.48. The molecular formula is C16H18FN5O2. The molecule has 0 bridgehead atoms. The number of amides is 2. The van der Waals surface area contributed by atoms with E-state index < -0.39 is 6.04 Å². The van der Waals surface area contributed by atoms with Gasteiger partial charge in [-0.05, 0) is 12.5 Å². The first-order chi connectivity index (χ1) is 11.6. The number of nitrogens with one attached hydrogen (secondary N) is 2. The molecule has 0 aliphatic carbocycles. The molecule has 8 heteroatoms. The predicted molar refractivity (Wildman–Crippen MR) is 86.2 cm³/mol. The summed E-state index contributed by atoms with van der Waals surface area (Å²) in [6.45, 7) is 3.14. The van der Waals surface area contributed by atoms with E-state index >= 15 is 0 Å². The molecule has 1 unspecified atom stereocenters. The normalized spacial score (nSPS) is 22.0. The van der Waals surface area contributed by atoms with Crippen LogP contribution in [0.2, 0.25) is 0 Å². The van der Waals surface area contributed by atoms with Gasteiger partial charge in [-0.3, -0.25) is 14.9 Å². The Labute approximate surface area is 137 Å². The summed E-state index contributed by atoms with van der Waals surface area (Å²) in [5.41, 5.74) is 1.76. The molecule has 2 amide bonds. The summed E-state index contributed by atoms with van der Waals surface area (Å²) < 4.78 is 16.3. The summed E-state index contributed by atoms with van der Waals surface area (Å²) in [6.07, 6.45) is 2.22. The van der Waals surface area contributed by atoms with Crippen LogP contribution in [0.15, 0.2) is 18.5 Å². The fraction of sp³-hybridized carbons (Fsp3) is 0.438. The number of carbonyl (C=O) groups is 2. The van der Waals surface area contributed by atoms with Gasteiger partial charge in [0.1, 0.15) is 11.9 Å². The van der Waals surface area contributed by atoms with Crippen LogP contribution in [-0.2, 0) is 9.59 Å². The van der Waals surface area contributed by atoms with Crippen LogP contribution in [0.1, 0.15) is 18.9 Å². The van der Waals surface area contributed by atoms with E-state index in [0.717, 1.165) is 26.2 Å². The zero-order valence-corrected chi connectivity index (χ0v) is 13.1. The summed E-state index contributed by atoms with van der Waals surface area (Å²) in [6, 6.07) is 2.64. The van der Waals surface area contributed by atoms with Gasteiger partial charge in [-0.2, -0.15) is 0 Å². The van der Waals surface area contributed by atoms with Crippen LogP contribution in [0.4, 0.5) is 10.1 Å². The molecule has 24 heavy (non-hydrogen) atoms. The number of piperidine rings is 1. The molecule has 0 radical (unpaired) electrons. The molecule has 1 aromatic carbocycles. The second kappa shape index (κ2) is 5.86. The summed E-state index contributed by atoms with van der Waals surface area (Å²) in [4.78, 5) is 29.7. The molecule has 0 saturated carbocycles. The van der Waals surface area contributed by atoms with Gasteiger partial charge < -0.3 is 14.8 Å². The minimum atomic E-state index is -0.530. The minimum Gasteiger partial charge on any atom is -0.367 e. The molecule has 7 nitrogen and oxygen atoms in total. The first-order valence-corrected chi connectivity index (χ1v) is 8.09. The summed E-state index contributed by atoms with van der Waals surface area (Å²) in [5.74, 6) is -0.955. The maximum Gasteiger partial charge on any atom is 0.249 e. The molecule has 2 fully saturated rings. The van der Waals surface area contributed by atoms with Crippen LogP contribution < -0.4 is 15.5 Å². The molecule has 1 atom stereocenters. The van der Waals surface area contributed by atoms with Crippen molar-refractivity contribution in [2.45, 2.75) is 18.9 Å². The zero-order valence-electron chi connectivity index (χ0n) is 13.1. The lowest BCUT2D eigenvalue weighted by atomic mass is 10.1. The van der Waals surface area contributed by atoms with Crippen molar-refractivity contribution < 1.29 is 14.0 Å². The second-order valence-electron chi connectivity index (χ2n) is 6.15. The Morgan fingerprint density at radius 2 is 2.00 bits per heavy atom. The molecule has 1 aromatic heterocycles. The monoisotopic (exact) mass is 331 g/mol. The fourth-order valence-corrected chi connectivity index (χ4v) is 3.38. The Bertz CT molecular complexity index is 812. The maximum atomic E-state index is 14.6.